The van der Waals surface area contributed by atoms with Crippen molar-refractivity contribution >= 4 is 0 Å². The minimum atomic E-state index is -0.140. The van der Waals surface area contributed by atoms with Crippen LogP contribution in [0.5, 0.6) is 0 Å². The van der Waals surface area contributed by atoms with E-state index in [1.165, 1.54) is 38.4 Å². The van der Waals surface area contributed by atoms with Crippen molar-refractivity contribution in [2.75, 3.05) is 20.1 Å². The van der Waals surface area contributed by atoms with Gasteiger partial charge in [0.2, 0.25) is 0 Å². The summed E-state index contributed by atoms with van der Waals surface area (Å²) in [5.74, 6) is -0.140. The second-order valence-electron chi connectivity index (χ2n) is 6.43. The van der Waals surface area contributed by atoms with Gasteiger partial charge in [0, 0.05) is 11.6 Å². The first-order valence-electron chi connectivity index (χ1n) is 8.27. The smallest absolute Gasteiger partial charge is 0.123 e. The maximum atomic E-state index is 13.4. The molecule has 1 aromatic carbocycles. The topological polar surface area (TPSA) is 15.3 Å². The van der Waals surface area contributed by atoms with Gasteiger partial charge in [-0.3, -0.25) is 4.90 Å². The zero-order valence-corrected chi connectivity index (χ0v) is 13.7. The summed E-state index contributed by atoms with van der Waals surface area (Å²) in [6.07, 6.45) is 5.92. The number of likely N-dealkylation sites (tertiary alicyclic amines) is 1. The number of hydrogen-bond donors (Lipinski definition) is 1. The van der Waals surface area contributed by atoms with Gasteiger partial charge in [-0.05, 0) is 70.4 Å². The molecule has 1 N–H and O–H groups in total. The van der Waals surface area contributed by atoms with E-state index in [1.807, 2.05) is 19.2 Å². The molecule has 0 spiro atoms. The minimum absolute atomic E-state index is 0.126. The summed E-state index contributed by atoms with van der Waals surface area (Å²) in [5, 5.41) is 3.49. The molecule has 2 rings (SSSR count). The highest BCUT2D eigenvalue weighted by molar-refractivity contribution is 5.19. The molecule has 2 nitrogen and oxygen atoms in total. The Hall–Kier alpha value is -0.930. The van der Waals surface area contributed by atoms with E-state index in [0.29, 0.717) is 6.04 Å². The average molecular weight is 292 g/mol. The van der Waals surface area contributed by atoms with Gasteiger partial charge in [-0.2, -0.15) is 0 Å². The second-order valence-corrected chi connectivity index (χ2v) is 6.43. The maximum absolute atomic E-state index is 13.4. The Bertz CT molecular complexity index is 443. The molecule has 2 atom stereocenters. The van der Waals surface area contributed by atoms with Crippen LogP contribution in [0.3, 0.4) is 0 Å². The van der Waals surface area contributed by atoms with Crippen molar-refractivity contribution in [2.45, 2.75) is 57.5 Å². The molecule has 0 saturated carbocycles. The van der Waals surface area contributed by atoms with Gasteiger partial charge in [-0.15, -0.1) is 0 Å². The molecule has 1 heterocycles. The Morgan fingerprint density at radius 1 is 1.29 bits per heavy atom. The van der Waals surface area contributed by atoms with E-state index in [4.69, 9.17) is 0 Å². The molecule has 0 amide bonds. The van der Waals surface area contributed by atoms with Crippen molar-refractivity contribution in [3.8, 4) is 0 Å². The third-order valence-electron chi connectivity index (χ3n) is 5.22. The number of piperidine rings is 1. The summed E-state index contributed by atoms with van der Waals surface area (Å²) < 4.78 is 13.4. The van der Waals surface area contributed by atoms with Crippen molar-refractivity contribution in [1.82, 2.24) is 10.2 Å². The zero-order valence-electron chi connectivity index (χ0n) is 13.7. The van der Waals surface area contributed by atoms with Crippen LogP contribution in [0.1, 0.15) is 45.1 Å². The highest BCUT2D eigenvalue weighted by atomic mass is 19.1. The molecular weight excluding hydrogens is 263 g/mol. The fourth-order valence-corrected chi connectivity index (χ4v) is 3.63. The number of nitrogens with one attached hydrogen (secondary N) is 1. The molecule has 0 aliphatic carbocycles. The van der Waals surface area contributed by atoms with Crippen LogP contribution in [-0.4, -0.2) is 36.6 Å². The summed E-state index contributed by atoms with van der Waals surface area (Å²) in [6.45, 7) is 7.00. The Morgan fingerprint density at radius 3 is 2.57 bits per heavy atom. The lowest BCUT2D eigenvalue weighted by Crippen LogP contribution is -2.60. The van der Waals surface area contributed by atoms with Crippen molar-refractivity contribution in [2.24, 2.45) is 0 Å². The van der Waals surface area contributed by atoms with Crippen LogP contribution in [0.2, 0.25) is 0 Å². The van der Waals surface area contributed by atoms with Crippen molar-refractivity contribution < 1.29 is 4.39 Å². The summed E-state index contributed by atoms with van der Waals surface area (Å²) in [4.78, 5) is 2.64. The van der Waals surface area contributed by atoms with Gasteiger partial charge in [0.25, 0.3) is 0 Å². The van der Waals surface area contributed by atoms with E-state index >= 15 is 0 Å². The quantitative estimate of drug-likeness (QED) is 0.861. The molecule has 1 saturated heterocycles. The molecule has 1 aliphatic rings. The molecule has 2 unspecified atom stereocenters. The molecule has 21 heavy (non-hydrogen) atoms. The van der Waals surface area contributed by atoms with E-state index in [1.54, 1.807) is 6.07 Å². The van der Waals surface area contributed by atoms with E-state index in [9.17, 15) is 4.39 Å². The highest BCUT2D eigenvalue weighted by Crippen LogP contribution is 2.29. The second kappa shape index (κ2) is 7.37. The summed E-state index contributed by atoms with van der Waals surface area (Å²) in [6, 6.07) is 7.35. The summed E-state index contributed by atoms with van der Waals surface area (Å²) in [7, 11) is 2.03. The highest BCUT2D eigenvalue weighted by Gasteiger charge is 2.37. The van der Waals surface area contributed by atoms with Crippen LogP contribution in [0.25, 0.3) is 0 Å². The van der Waals surface area contributed by atoms with Crippen LogP contribution in [0.4, 0.5) is 4.39 Å². The van der Waals surface area contributed by atoms with Gasteiger partial charge in [-0.1, -0.05) is 25.5 Å². The molecule has 1 aromatic rings. The number of hydrogen-bond acceptors (Lipinski definition) is 2. The summed E-state index contributed by atoms with van der Waals surface area (Å²) >= 11 is 0. The summed E-state index contributed by atoms with van der Waals surface area (Å²) in [5.41, 5.74) is 1.20. The normalized spacial score (nSPS) is 21.0. The van der Waals surface area contributed by atoms with E-state index in [0.717, 1.165) is 18.4 Å². The monoisotopic (exact) mass is 292 g/mol. The molecule has 118 valence electrons. The predicted molar refractivity (Wildman–Crippen MR) is 87.1 cm³/mol. The lowest BCUT2D eigenvalue weighted by atomic mass is 9.82. The molecule has 0 bridgehead atoms. The van der Waals surface area contributed by atoms with Gasteiger partial charge >= 0.3 is 0 Å². The predicted octanol–water partition coefficient (Wildman–Crippen LogP) is 3.61. The first kappa shape index (κ1) is 16.4. The SMILES string of the molecule is CCC(C)(C(Cc1cccc(F)c1)NC)N1CCCCC1. The first-order valence-corrected chi connectivity index (χ1v) is 8.27. The van der Waals surface area contributed by atoms with Crippen LogP contribution in [0.15, 0.2) is 24.3 Å². The third-order valence-corrected chi connectivity index (χ3v) is 5.22. The lowest BCUT2D eigenvalue weighted by Gasteiger charge is -2.48. The zero-order chi connectivity index (χ0) is 15.3. The number of halogens is 1. The molecule has 1 aliphatic heterocycles. The Kier molecular flexibility index (Phi) is 5.77. The lowest BCUT2D eigenvalue weighted by molar-refractivity contribution is 0.0452. The van der Waals surface area contributed by atoms with E-state index in [2.05, 4.69) is 24.1 Å². The maximum Gasteiger partial charge on any atom is 0.123 e. The number of benzene rings is 1. The van der Waals surface area contributed by atoms with E-state index in [-0.39, 0.29) is 11.4 Å². The standard InChI is InChI=1S/C18H29FN2/c1-4-18(2,21-11-6-5-7-12-21)17(20-3)14-15-9-8-10-16(19)13-15/h8-10,13,17,20H,4-7,11-12,14H2,1-3H3. The van der Waals surface area contributed by atoms with Crippen molar-refractivity contribution in [1.29, 1.82) is 0 Å². The molecule has 1 fully saturated rings. The van der Waals surface area contributed by atoms with Crippen molar-refractivity contribution in [3.05, 3.63) is 35.6 Å². The Morgan fingerprint density at radius 2 is 2.00 bits per heavy atom. The van der Waals surface area contributed by atoms with Crippen LogP contribution < -0.4 is 5.32 Å². The molecule has 3 heteroatoms. The Balaban J connectivity index is 2.16. The number of likely N-dealkylation sites (N-methyl/N-ethyl adjacent to an activating group) is 1. The van der Waals surface area contributed by atoms with Crippen LogP contribution in [-0.2, 0) is 6.42 Å². The first-order chi connectivity index (χ1) is 10.1. The largest absolute Gasteiger partial charge is 0.315 e. The third kappa shape index (κ3) is 3.83. The fraction of sp³-hybridized carbons (Fsp3) is 0.667. The molecule has 0 aromatic heterocycles. The van der Waals surface area contributed by atoms with Gasteiger partial charge in [0.1, 0.15) is 5.82 Å². The molecular formula is C18H29FN2. The van der Waals surface area contributed by atoms with Crippen LogP contribution >= 0.6 is 0 Å². The minimum Gasteiger partial charge on any atom is -0.315 e. The average Bonchev–Trinajstić information content (AvgIpc) is 2.53. The number of rotatable bonds is 6. The van der Waals surface area contributed by atoms with Gasteiger partial charge in [0.05, 0.1) is 0 Å². The number of nitrogens with zero attached hydrogens (tertiary/aromatic N) is 1. The van der Waals surface area contributed by atoms with Gasteiger partial charge in [0.15, 0.2) is 0 Å². The van der Waals surface area contributed by atoms with Gasteiger partial charge < -0.3 is 5.32 Å². The molecule has 0 radical (unpaired) electrons. The van der Waals surface area contributed by atoms with Gasteiger partial charge in [-0.25, -0.2) is 4.39 Å². The van der Waals surface area contributed by atoms with Crippen molar-refractivity contribution in [3.63, 3.8) is 0 Å². The fourth-order valence-electron chi connectivity index (χ4n) is 3.63. The Labute approximate surface area is 128 Å². The van der Waals surface area contributed by atoms with E-state index < -0.39 is 0 Å². The van der Waals surface area contributed by atoms with Crippen LogP contribution in [0, 0.1) is 5.82 Å².